The first-order chi connectivity index (χ1) is 10.1. The first-order valence-electron chi connectivity index (χ1n) is 7.55. The van der Waals surface area contributed by atoms with E-state index in [2.05, 4.69) is 4.90 Å². The van der Waals surface area contributed by atoms with Crippen LogP contribution in [0.4, 0.5) is 4.39 Å². The second kappa shape index (κ2) is 7.52. The number of aliphatic hydroxyl groups excluding tert-OH is 1. The van der Waals surface area contributed by atoms with Crippen molar-refractivity contribution < 1.29 is 14.3 Å². The second-order valence-electron chi connectivity index (χ2n) is 5.52. The third kappa shape index (κ3) is 4.51. The SMILES string of the molecule is CCC(O)CN1CCCN(C(=O)c2cccc(F)c2)CC1. The number of nitrogens with zero attached hydrogens (tertiary/aromatic N) is 2. The Morgan fingerprint density at radius 2 is 2.14 bits per heavy atom. The summed E-state index contributed by atoms with van der Waals surface area (Å²) in [5.41, 5.74) is 0.400. The van der Waals surface area contributed by atoms with Crippen molar-refractivity contribution in [3.63, 3.8) is 0 Å². The zero-order valence-electron chi connectivity index (χ0n) is 12.5. The molecule has 0 bridgehead atoms. The fourth-order valence-corrected chi connectivity index (χ4v) is 2.59. The van der Waals surface area contributed by atoms with Gasteiger partial charge in [0.1, 0.15) is 5.82 Å². The van der Waals surface area contributed by atoms with Crippen LogP contribution in [0.25, 0.3) is 0 Å². The fraction of sp³-hybridized carbons (Fsp3) is 0.562. The summed E-state index contributed by atoms with van der Waals surface area (Å²) in [7, 11) is 0. The lowest BCUT2D eigenvalue weighted by molar-refractivity contribution is 0.0753. The average Bonchev–Trinajstić information content (AvgIpc) is 2.72. The lowest BCUT2D eigenvalue weighted by Gasteiger charge is -2.23. The molecule has 1 aliphatic rings. The van der Waals surface area contributed by atoms with Crippen LogP contribution in [0, 0.1) is 5.82 Å². The maximum atomic E-state index is 13.2. The summed E-state index contributed by atoms with van der Waals surface area (Å²) in [4.78, 5) is 16.3. The van der Waals surface area contributed by atoms with Crippen LogP contribution < -0.4 is 0 Å². The van der Waals surface area contributed by atoms with Gasteiger partial charge >= 0.3 is 0 Å². The Morgan fingerprint density at radius 1 is 1.33 bits per heavy atom. The molecule has 1 saturated heterocycles. The van der Waals surface area contributed by atoms with Gasteiger partial charge in [-0.05, 0) is 37.6 Å². The van der Waals surface area contributed by atoms with Crippen LogP contribution >= 0.6 is 0 Å². The van der Waals surface area contributed by atoms with E-state index < -0.39 is 0 Å². The highest BCUT2D eigenvalue weighted by atomic mass is 19.1. The van der Waals surface area contributed by atoms with Gasteiger partial charge in [-0.25, -0.2) is 4.39 Å². The van der Waals surface area contributed by atoms with Gasteiger partial charge in [-0.2, -0.15) is 0 Å². The van der Waals surface area contributed by atoms with Crippen molar-refractivity contribution in [1.82, 2.24) is 9.80 Å². The number of carbonyl (C=O) groups is 1. The standard InChI is InChI=1S/C16H23FN2O2/c1-2-15(20)12-18-7-4-8-19(10-9-18)16(21)13-5-3-6-14(17)11-13/h3,5-6,11,15,20H,2,4,7-10,12H2,1H3. The maximum Gasteiger partial charge on any atom is 0.254 e. The molecule has 1 aliphatic heterocycles. The Hall–Kier alpha value is -1.46. The summed E-state index contributed by atoms with van der Waals surface area (Å²) >= 11 is 0. The van der Waals surface area contributed by atoms with Gasteiger partial charge in [-0.1, -0.05) is 13.0 Å². The number of benzene rings is 1. The van der Waals surface area contributed by atoms with Gasteiger partial charge in [-0.3, -0.25) is 9.69 Å². The maximum absolute atomic E-state index is 13.2. The predicted molar refractivity (Wildman–Crippen MR) is 79.7 cm³/mol. The van der Waals surface area contributed by atoms with E-state index in [9.17, 15) is 14.3 Å². The number of hydrogen-bond acceptors (Lipinski definition) is 3. The number of β-amino-alcohol motifs (C(OH)–C–C–N with tert-alkyl or cyclic N) is 1. The predicted octanol–water partition coefficient (Wildman–Crippen LogP) is 1.74. The van der Waals surface area contributed by atoms with Gasteiger partial charge in [-0.15, -0.1) is 0 Å². The van der Waals surface area contributed by atoms with Crippen molar-refractivity contribution in [3.8, 4) is 0 Å². The molecule has 0 aliphatic carbocycles. The van der Waals surface area contributed by atoms with Gasteiger partial charge < -0.3 is 10.0 Å². The summed E-state index contributed by atoms with van der Waals surface area (Å²) in [6.45, 7) is 5.53. The van der Waals surface area contributed by atoms with Crippen LogP contribution in [0.15, 0.2) is 24.3 Å². The Labute approximate surface area is 125 Å². The monoisotopic (exact) mass is 294 g/mol. The van der Waals surface area contributed by atoms with Crippen LogP contribution in [0.3, 0.4) is 0 Å². The zero-order chi connectivity index (χ0) is 15.2. The van der Waals surface area contributed by atoms with E-state index in [0.29, 0.717) is 25.2 Å². The highest BCUT2D eigenvalue weighted by molar-refractivity contribution is 5.94. The molecule has 1 heterocycles. The van der Waals surface area contributed by atoms with Gasteiger partial charge in [0.25, 0.3) is 5.91 Å². The minimum absolute atomic E-state index is 0.118. The first-order valence-corrected chi connectivity index (χ1v) is 7.55. The lowest BCUT2D eigenvalue weighted by Crippen LogP contribution is -2.37. The summed E-state index contributed by atoms with van der Waals surface area (Å²) < 4.78 is 13.2. The largest absolute Gasteiger partial charge is 0.392 e. The number of hydrogen-bond donors (Lipinski definition) is 1. The molecule has 1 unspecified atom stereocenters. The molecule has 1 aromatic rings. The molecule has 4 nitrogen and oxygen atoms in total. The van der Waals surface area contributed by atoms with E-state index in [1.165, 1.54) is 12.1 Å². The van der Waals surface area contributed by atoms with Crippen LogP contribution in [-0.4, -0.2) is 59.6 Å². The van der Waals surface area contributed by atoms with Gasteiger partial charge in [0.15, 0.2) is 0 Å². The Kier molecular flexibility index (Phi) is 5.70. The molecule has 0 spiro atoms. The molecule has 0 aromatic heterocycles. The van der Waals surface area contributed by atoms with E-state index >= 15 is 0 Å². The van der Waals surface area contributed by atoms with E-state index in [-0.39, 0.29) is 17.8 Å². The van der Waals surface area contributed by atoms with E-state index in [0.717, 1.165) is 25.9 Å². The Bertz CT molecular complexity index is 481. The lowest BCUT2D eigenvalue weighted by atomic mass is 10.2. The van der Waals surface area contributed by atoms with Gasteiger partial charge in [0.05, 0.1) is 6.10 Å². The summed E-state index contributed by atoms with van der Waals surface area (Å²) in [6.07, 6.45) is 1.30. The molecule has 1 amide bonds. The molecule has 21 heavy (non-hydrogen) atoms. The van der Waals surface area contributed by atoms with Crippen molar-refractivity contribution in [2.45, 2.75) is 25.9 Å². The number of rotatable bonds is 4. The number of aliphatic hydroxyl groups is 1. The number of carbonyl (C=O) groups excluding carboxylic acids is 1. The van der Waals surface area contributed by atoms with Crippen molar-refractivity contribution >= 4 is 5.91 Å². The molecule has 1 aromatic carbocycles. The Balaban J connectivity index is 1.95. The highest BCUT2D eigenvalue weighted by Gasteiger charge is 2.21. The van der Waals surface area contributed by atoms with E-state index in [4.69, 9.17) is 0 Å². The molecule has 2 rings (SSSR count). The van der Waals surface area contributed by atoms with Crippen molar-refractivity contribution in [2.24, 2.45) is 0 Å². The summed E-state index contributed by atoms with van der Waals surface area (Å²) in [5, 5.41) is 9.72. The van der Waals surface area contributed by atoms with Crippen molar-refractivity contribution in [1.29, 1.82) is 0 Å². The molecule has 0 saturated carbocycles. The number of amides is 1. The minimum atomic E-state index is -0.386. The van der Waals surface area contributed by atoms with Gasteiger partial charge in [0.2, 0.25) is 0 Å². The summed E-state index contributed by atoms with van der Waals surface area (Å²) in [6, 6.07) is 5.83. The first kappa shape index (κ1) is 15.9. The van der Waals surface area contributed by atoms with E-state index in [1.807, 2.05) is 6.92 Å². The van der Waals surface area contributed by atoms with Crippen molar-refractivity contribution in [2.75, 3.05) is 32.7 Å². The average molecular weight is 294 g/mol. The topological polar surface area (TPSA) is 43.8 Å². The third-order valence-corrected chi connectivity index (χ3v) is 3.89. The van der Waals surface area contributed by atoms with Crippen LogP contribution in [0.1, 0.15) is 30.1 Å². The molecule has 0 radical (unpaired) electrons. The fourth-order valence-electron chi connectivity index (χ4n) is 2.59. The number of halogens is 1. The molecule has 1 N–H and O–H groups in total. The third-order valence-electron chi connectivity index (χ3n) is 3.89. The molecule has 116 valence electrons. The van der Waals surface area contributed by atoms with E-state index in [1.54, 1.807) is 17.0 Å². The molecular formula is C16H23FN2O2. The smallest absolute Gasteiger partial charge is 0.254 e. The molecular weight excluding hydrogens is 271 g/mol. The second-order valence-corrected chi connectivity index (χ2v) is 5.52. The van der Waals surface area contributed by atoms with Crippen LogP contribution in [0.5, 0.6) is 0 Å². The zero-order valence-corrected chi connectivity index (χ0v) is 12.5. The normalized spacial score (nSPS) is 18.3. The Morgan fingerprint density at radius 3 is 2.86 bits per heavy atom. The molecule has 5 heteroatoms. The highest BCUT2D eigenvalue weighted by Crippen LogP contribution is 2.11. The summed E-state index contributed by atoms with van der Waals surface area (Å²) in [5.74, 6) is -0.504. The van der Waals surface area contributed by atoms with Crippen LogP contribution in [0.2, 0.25) is 0 Å². The minimum Gasteiger partial charge on any atom is -0.392 e. The van der Waals surface area contributed by atoms with Gasteiger partial charge in [0, 0.05) is 31.7 Å². The van der Waals surface area contributed by atoms with Crippen molar-refractivity contribution in [3.05, 3.63) is 35.6 Å². The quantitative estimate of drug-likeness (QED) is 0.920. The molecule has 1 atom stereocenters. The molecule has 1 fully saturated rings. The van der Waals surface area contributed by atoms with Crippen LogP contribution in [-0.2, 0) is 0 Å².